The molecule has 0 saturated heterocycles. The lowest BCUT2D eigenvalue weighted by atomic mass is 10.2. The second kappa shape index (κ2) is 10.6. The maximum Gasteiger partial charge on any atom is 0.408 e. The molecule has 0 aliphatic heterocycles. The first kappa shape index (κ1) is 21.6. The van der Waals surface area contributed by atoms with Crippen molar-refractivity contribution < 1.29 is 19.1 Å². The van der Waals surface area contributed by atoms with Crippen molar-refractivity contribution in [2.45, 2.75) is 45.3 Å². The molecule has 0 heterocycles. The molecule has 0 fully saturated rings. The van der Waals surface area contributed by atoms with Crippen molar-refractivity contribution in [3.63, 3.8) is 0 Å². The Labute approximate surface area is 158 Å². The van der Waals surface area contributed by atoms with Crippen LogP contribution in [0.4, 0.5) is 4.79 Å². The molecular weight excluding hydrogens is 362 g/mol. The average molecular weight is 388 g/mol. The van der Waals surface area contributed by atoms with E-state index in [9.17, 15) is 9.59 Å². The zero-order valence-corrected chi connectivity index (χ0v) is 16.7. The first-order valence-corrected chi connectivity index (χ1v) is 9.64. The van der Waals surface area contributed by atoms with Crippen LogP contribution in [-0.2, 0) is 20.7 Å². The van der Waals surface area contributed by atoms with E-state index in [-0.39, 0.29) is 0 Å². The van der Waals surface area contributed by atoms with E-state index in [0.717, 1.165) is 22.9 Å². The summed E-state index contributed by atoms with van der Waals surface area (Å²) >= 11 is 7.58. The van der Waals surface area contributed by atoms with Gasteiger partial charge in [-0.05, 0) is 62.8 Å². The third-order valence-electron chi connectivity index (χ3n) is 3.18. The molecule has 5 nitrogen and oxygen atoms in total. The summed E-state index contributed by atoms with van der Waals surface area (Å²) < 4.78 is 9.93. The number of carbonyl (C=O) groups excluding carboxylic acids is 2. The Bertz CT molecular complexity index is 557. The van der Waals surface area contributed by atoms with Crippen molar-refractivity contribution in [3.05, 3.63) is 34.9 Å². The van der Waals surface area contributed by atoms with E-state index < -0.39 is 23.7 Å². The Morgan fingerprint density at radius 2 is 1.84 bits per heavy atom. The van der Waals surface area contributed by atoms with Crippen molar-refractivity contribution in [2.24, 2.45) is 0 Å². The van der Waals surface area contributed by atoms with Crippen LogP contribution >= 0.6 is 23.4 Å². The second-order valence-corrected chi connectivity index (χ2v) is 8.16. The largest absolute Gasteiger partial charge is 0.467 e. The fourth-order valence-corrected chi connectivity index (χ4v) is 3.10. The molecule has 7 heteroatoms. The summed E-state index contributed by atoms with van der Waals surface area (Å²) in [6.45, 7) is 5.31. The summed E-state index contributed by atoms with van der Waals surface area (Å²) in [5.41, 5.74) is 0.603. The van der Waals surface area contributed by atoms with E-state index >= 15 is 0 Å². The smallest absolute Gasteiger partial charge is 0.408 e. The second-order valence-electron chi connectivity index (χ2n) is 6.50. The number of methoxy groups -OCH3 is 1. The van der Waals surface area contributed by atoms with Crippen molar-refractivity contribution in [1.29, 1.82) is 0 Å². The Morgan fingerprint density at radius 3 is 2.40 bits per heavy atom. The molecular formula is C18H26ClNO4S. The Kier molecular flexibility index (Phi) is 9.14. The number of benzene rings is 1. The van der Waals surface area contributed by atoms with Crippen LogP contribution in [-0.4, -0.2) is 42.3 Å². The standard InChI is InChI=1S/C18H26ClNO4S/c1-18(2,3)24-17(22)20-15(16(21)23-4)10-12-25-11-9-13-5-7-14(19)8-6-13/h5-8,15H,9-12H2,1-4H3,(H,20,22)/t15-/m0/s1. The molecule has 0 saturated carbocycles. The van der Waals surface area contributed by atoms with E-state index in [2.05, 4.69) is 5.32 Å². The van der Waals surface area contributed by atoms with Crippen LogP contribution in [0, 0.1) is 0 Å². The van der Waals surface area contributed by atoms with Gasteiger partial charge in [-0.15, -0.1) is 0 Å². The summed E-state index contributed by atoms with van der Waals surface area (Å²) in [6, 6.07) is 7.05. The number of alkyl carbamates (subject to hydrolysis) is 1. The maximum atomic E-state index is 11.8. The van der Waals surface area contributed by atoms with Crippen molar-refractivity contribution >= 4 is 35.4 Å². The molecule has 0 aromatic heterocycles. The summed E-state index contributed by atoms with van der Waals surface area (Å²) in [6.07, 6.45) is 0.788. The lowest BCUT2D eigenvalue weighted by Crippen LogP contribution is -2.44. The molecule has 0 aliphatic carbocycles. The first-order chi connectivity index (χ1) is 11.7. The van der Waals surface area contributed by atoms with Gasteiger partial charge in [0.05, 0.1) is 7.11 Å². The van der Waals surface area contributed by atoms with Crippen LogP contribution in [0.15, 0.2) is 24.3 Å². The molecule has 1 amide bonds. The highest BCUT2D eigenvalue weighted by atomic mass is 35.5. The van der Waals surface area contributed by atoms with Gasteiger partial charge in [-0.25, -0.2) is 9.59 Å². The maximum absolute atomic E-state index is 11.8. The van der Waals surface area contributed by atoms with Crippen molar-refractivity contribution in [2.75, 3.05) is 18.6 Å². The SMILES string of the molecule is COC(=O)[C@H](CCSCCc1ccc(Cl)cc1)NC(=O)OC(C)(C)C. The van der Waals surface area contributed by atoms with Gasteiger partial charge in [0.1, 0.15) is 11.6 Å². The third-order valence-corrected chi connectivity index (χ3v) is 4.45. The van der Waals surface area contributed by atoms with Crippen LogP contribution in [0.1, 0.15) is 32.8 Å². The van der Waals surface area contributed by atoms with E-state index in [1.54, 1.807) is 32.5 Å². The minimum Gasteiger partial charge on any atom is -0.467 e. The van der Waals surface area contributed by atoms with E-state index in [0.29, 0.717) is 6.42 Å². The van der Waals surface area contributed by atoms with Gasteiger partial charge in [-0.3, -0.25) is 0 Å². The average Bonchev–Trinajstić information content (AvgIpc) is 2.52. The molecule has 0 radical (unpaired) electrons. The van der Waals surface area contributed by atoms with Gasteiger partial charge in [0.15, 0.2) is 0 Å². The molecule has 0 aliphatic rings. The highest BCUT2D eigenvalue weighted by Gasteiger charge is 2.24. The normalized spacial score (nSPS) is 12.4. The quantitative estimate of drug-likeness (QED) is 0.538. The monoisotopic (exact) mass is 387 g/mol. The van der Waals surface area contributed by atoms with Gasteiger partial charge in [0.25, 0.3) is 0 Å². The predicted octanol–water partition coefficient (Wildman–Crippen LogP) is 4.07. The van der Waals surface area contributed by atoms with E-state index in [1.807, 2.05) is 24.3 Å². The molecule has 25 heavy (non-hydrogen) atoms. The number of hydrogen-bond donors (Lipinski definition) is 1. The number of nitrogens with one attached hydrogen (secondary N) is 1. The number of aryl methyl sites for hydroxylation is 1. The molecule has 1 aromatic rings. The number of amides is 1. The lowest BCUT2D eigenvalue weighted by Gasteiger charge is -2.22. The fourth-order valence-electron chi connectivity index (χ4n) is 1.99. The number of halogens is 1. The predicted molar refractivity (Wildman–Crippen MR) is 102 cm³/mol. The van der Waals surface area contributed by atoms with Crippen molar-refractivity contribution in [1.82, 2.24) is 5.32 Å². The van der Waals surface area contributed by atoms with Crippen LogP contribution in [0.3, 0.4) is 0 Å². The molecule has 1 aromatic carbocycles. The lowest BCUT2D eigenvalue weighted by molar-refractivity contribution is -0.143. The Hall–Kier alpha value is -1.40. The molecule has 1 rings (SSSR count). The number of ether oxygens (including phenoxy) is 2. The topological polar surface area (TPSA) is 64.6 Å². The van der Waals surface area contributed by atoms with Crippen LogP contribution in [0.2, 0.25) is 5.02 Å². The highest BCUT2D eigenvalue weighted by Crippen LogP contribution is 2.14. The third kappa shape index (κ3) is 9.60. The van der Waals surface area contributed by atoms with Crippen LogP contribution in [0.25, 0.3) is 0 Å². The zero-order chi connectivity index (χ0) is 18.9. The number of rotatable bonds is 8. The number of hydrogen-bond acceptors (Lipinski definition) is 5. The zero-order valence-electron chi connectivity index (χ0n) is 15.1. The van der Waals surface area contributed by atoms with Gasteiger partial charge >= 0.3 is 12.1 Å². The van der Waals surface area contributed by atoms with E-state index in [4.69, 9.17) is 21.1 Å². The van der Waals surface area contributed by atoms with Gasteiger partial charge in [0, 0.05) is 5.02 Å². The number of carbonyl (C=O) groups is 2. The van der Waals surface area contributed by atoms with Gasteiger partial charge in [-0.2, -0.15) is 11.8 Å². The van der Waals surface area contributed by atoms with Crippen LogP contribution in [0.5, 0.6) is 0 Å². The van der Waals surface area contributed by atoms with Gasteiger partial charge in [0.2, 0.25) is 0 Å². The molecule has 140 valence electrons. The minimum atomic E-state index is -0.706. The summed E-state index contributed by atoms with van der Waals surface area (Å²) in [5, 5.41) is 3.30. The Morgan fingerprint density at radius 1 is 1.20 bits per heavy atom. The molecule has 1 N–H and O–H groups in total. The summed E-state index contributed by atoms with van der Waals surface area (Å²) in [4.78, 5) is 23.6. The Balaban J connectivity index is 2.36. The molecule has 0 bridgehead atoms. The van der Waals surface area contributed by atoms with Crippen molar-refractivity contribution in [3.8, 4) is 0 Å². The van der Waals surface area contributed by atoms with Crippen LogP contribution < -0.4 is 5.32 Å². The summed E-state index contributed by atoms with van der Waals surface area (Å²) in [5.74, 6) is 1.18. The number of esters is 1. The highest BCUT2D eigenvalue weighted by molar-refractivity contribution is 7.99. The molecule has 0 unspecified atom stereocenters. The molecule has 0 spiro atoms. The number of thioether (sulfide) groups is 1. The fraction of sp³-hybridized carbons (Fsp3) is 0.556. The van der Waals surface area contributed by atoms with Gasteiger partial charge < -0.3 is 14.8 Å². The molecule has 1 atom stereocenters. The minimum absolute atomic E-state index is 0.468. The van der Waals surface area contributed by atoms with Gasteiger partial charge in [-0.1, -0.05) is 23.7 Å². The van der Waals surface area contributed by atoms with E-state index in [1.165, 1.54) is 12.7 Å². The first-order valence-electron chi connectivity index (χ1n) is 8.11. The summed E-state index contributed by atoms with van der Waals surface area (Å²) in [7, 11) is 1.31.